The third-order valence-electron chi connectivity index (χ3n) is 2.05. The van der Waals surface area contributed by atoms with Crippen LogP contribution in [-0.2, 0) is 6.42 Å². The molecule has 0 spiro atoms. The number of hydrogen-bond acceptors (Lipinski definition) is 2. The average Bonchev–Trinajstić information content (AvgIpc) is 2.51. The Kier molecular flexibility index (Phi) is 4.03. The molecule has 0 unspecified atom stereocenters. The van der Waals surface area contributed by atoms with Gasteiger partial charge in [0.1, 0.15) is 0 Å². The summed E-state index contributed by atoms with van der Waals surface area (Å²) in [7, 11) is 0. The molecule has 1 aliphatic rings. The summed E-state index contributed by atoms with van der Waals surface area (Å²) in [5.74, 6) is 3.87. The first-order valence-corrected chi connectivity index (χ1v) is 5.10. The maximum absolute atomic E-state index is 12.7. The lowest BCUT2D eigenvalue weighted by molar-refractivity contribution is 0.508. The molecule has 2 N–H and O–H groups in total. The van der Waals surface area contributed by atoms with Gasteiger partial charge in [-0.15, -0.1) is 0 Å². The third-order valence-corrected chi connectivity index (χ3v) is 2.05. The minimum atomic E-state index is -0.842. The quantitative estimate of drug-likeness (QED) is 0.673. The van der Waals surface area contributed by atoms with Gasteiger partial charge in [0.25, 0.3) is 0 Å². The van der Waals surface area contributed by atoms with E-state index in [0.717, 1.165) is 11.6 Å². The molecule has 0 saturated heterocycles. The van der Waals surface area contributed by atoms with Crippen molar-refractivity contribution < 1.29 is 8.78 Å². The van der Waals surface area contributed by atoms with Crippen molar-refractivity contribution in [3.05, 3.63) is 29.3 Å². The monoisotopic (exact) mass is 214 g/mol. The highest BCUT2D eigenvalue weighted by Gasteiger charge is 2.18. The van der Waals surface area contributed by atoms with Crippen LogP contribution >= 0.6 is 0 Å². The normalized spacial score (nSPS) is 13.3. The van der Waals surface area contributed by atoms with Crippen molar-refractivity contribution in [2.45, 2.75) is 26.7 Å². The van der Waals surface area contributed by atoms with Crippen LogP contribution in [0, 0.1) is 11.6 Å². The predicted molar refractivity (Wildman–Crippen MR) is 57.6 cm³/mol. The summed E-state index contributed by atoms with van der Waals surface area (Å²) in [6.45, 7) is 4.87. The predicted octanol–water partition coefficient (Wildman–Crippen LogP) is 2.62. The Morgan fingerprint density at radius 3 is 2.40 bits per heavy atom. The zero-order valence-electron chi connectivity index (χ0n) is 9.06. The fourth-order valence-electron chi connectivity index (χ4n) is 1.41. The summed E-state index contributed by atoms with van der Waals surface area (Å²) in [5.41, 5.74) is 1.37. The third kappa shape index (κ3) is 2.65. The molecule has 1 aliphatic heterocycles. The van der Waals surface area contributed by atoms with Gasteiger partial charge in [-0.25, -0.2) is 14.6 Å². The number of hydrogen-bond donors (Lipinski definition) is 1. The van der Waals surface area contributed by atoms with E-state index in [1.54, 1.807) is 0 Å². The van der Waals surface area contributed by atoms with Crippen molar-refractivity contribution in [3.8, 4) is 0 Å². The Labute approximate surface area is 88.7 Å². The molecule has 0 amide bonds. The zero-order chi connectivity index (χ0) is 11.4. The van der Waals surface area contributed by atoms with Crippen molar-refractivity contribution >= 4 is 5.69 Å². The number of rotatable bonds is 0. The maximum atomic E-state index is 12.7. The fraction of sp³-hybridized carbons (Fsp3) is 0.455. The highest BCUT2D eigenvalue weighted by atomic mass is 19.2. The molecule has 0 radical (unpaired) electrons. The summed E-state index contributed by atoms with van der Waals surface area (Å²) < 4.78 is 25.4. The van der Waals surface area contributed by atoms with Crippen LogP contribution in [0.2, 0.25) is 0 Å². The van der Waals surface area contributed by atoms with Gasteiger partial charge in [-0.2, -0.15) is 0 Å². The molecule has 84 valence electrons. The zero-order valence-corrected chi connectivity index (χ0v) is 9.06. The molecule has 2 rings (SSSR count). The summed E-state index contributed by atoms with van der Waals surface area (Å²) in [6.07, 6.45) is 1.93. The number of fused-ring (bicyclic) bond motifs is 1. The van der Waals surface area contributed by atoms with E-state index in [4.69, 9.17) is 5.84 Å². The van der Waals surface area contributed by atoms with Gasteiger partial charge in [-0.3, -0.25) is 0 Å². The Hall–Kier alpha value is -1.16. The van der Waals surface area contributed by atoms with Crippen LogP contribution in [-0.4, -0.2) is 6.54 Å². The van der Waals surface area contributed by atoms with Crippen LogP contribution < -0.4 is 10.9 Å². The van der Waals surface area contributed by atoms with Crippen LogP contribution in [0.4, 0.5) is 14.5 Å². The van der Waals surface area contributed by atoms with Crippen molar-refractivity contribution in [3.63, 3.8) is 0 Å². The fourth-order valence-corrected chi connectivity index (χ4v) is 1.41. The van der Waals surface area contributed by atoms with Gasteiger partial charge in [0.05, 0.1) is 5.69 Å². The molecule has 2 nitrogen and oxygen atoms in total. The van der Waals surface area contributed by atoms with Gasteiger partial charge < -0.3 is 5.01 Å². The minimum Gasteiger partial charge on any atom is -0.310 e. The van der Waals surface area contributed by atoms with Crippen molar-refractivity contribution in [1.82, 2.24) is 0 Å². The Balaban J connectivity index is 0.000000337. The molecule has 0 aliphatic carbocycles. The standard InChI is InChI=1S/C8H8F2N2.C3H8/c9-6-3-5-1-2-12(11)8(5)4-7(6)10;1-3-2/h3-4H,1-2,11H2;3H2,1-2H3. The van der Waals surface area contributed by atoms with Gasteiger partial charge in [-0.1, -0.05) is 20.3 Å². The Morgan fingerprint density at radius 2 is 1.80 bits per heavy atom. The molecule has 0 fully saturated rings. The number of hydrazine groups is 1. The van der Waals surface area contributed by atoms with Gasteiger partial charge in [0.2, 0.25) is 0 Å². The first-order chi connectivity index (χ1) is 7.10. The maximum Gasteiger partial charge on any atom is 0.160 e. The average molecular weight is 214 g/mol. The first-order valence-electron chi connectivity index (χ1n) is 5.10. The van der Waals surface area contributed by atoms with E-state index in [2.05, 4.69) is 13.8 Å². The summed E-state index contributed by atoms with van der Waals surface area (Å²) >= 11 is 0. The number of anilines is 1. The second-order valence-electron chi connectivity index (χ2n) is 3.55. The molecule has 0 saturated carbocycles. The lowest BCUT2D eigenvalue weighted by Crippen LogP contribution is -2.28. The molecule has 0 bridgehead atoms. The van der Waals surface area contributed by atoms with E-state index in [1.807, 2.05) is 0 Å². The molecule has 4 heteroatoms. The molecule has 0 atom stereocenters. The van der Waals surface area contributed by atoms with Crippen molar-refractivity contribution in [2.75, 3.05) is 11.6 Å². The molecule has 1 aromatic carbocycles. The highest BCUT2D eigenvalue weighted by Crippen LogP contribution is 2.27. The number of nitrogens with zero attached hydrogens (tertiary/aromatic N) is 1. The lowest BCUT2D eigenvalue weighted by atomic mass is 10.1. The van der Waals surface area contributed by atoms with Crippen LogP contribution in [0.5, 0.6) is 0 Å². The van der Waals surface area contributed by atoms with Gasteiger partial charge in [0.15, 0.2) is 11.6 Å². The first kappa shape index (κ1) is 11.9. The summed E-state index contributed by atoms with van der Waals surface area (Å²) in [5, 5.41) is 1.43. The molecule has 1 heterocycles. The topological polar surface area (TPSA) is 29.3 Å². The van der Waals surface area contributed by atoms with Gasteiger partial charge in [0, 0.05) is 12.6 Å². The smallest absolute Gasteiger partial charge is 0.160 e. The van der Waals surface area contributed by atoms with Crippen molar-refractivity contribution in [1.29, 1.82) is 0 Å². The number of halogens is 2. The Morgan fingerprint density at radius 1 is 1.27 bits per heavy atom. The molecule has 15 heavy (non-hydrogen) atoms. The van der Waals surface area contributed by atoms with Crippen LogP contribution in [0.3, 0.4) is 0 Å². The lowest BCUT2D eigenvalue weighted by Gasteiger charge is -2.10. The largest absolute Gasteiger partial charge is 0.310 e. The van der Waals surface area contributed by atoms with E-state index in [0.29, 0.717) is 18.7 Å². The summed E-state index contributed by atoms with van der Waals surface area (Å²) in [4.78, 5) is 0. The van der Waals surface area contributed by atoms with E-state index < -0.39 is 11.6 Å². The SMILES string of the molecule is CCC.NN1CCc2cc(F)c(F)cc21. The Bertz CT molecular complexity index is 340. The molecular weight excluding hydrogens is 198 g/mol. The molecule has 1 aromatic rings. The number of nitrogens with two attached hydrogens (primary N) is 1. The second-order valence-corrected chi connectivity index (χ2v) is 3.55. The van der Waals surface area contributed by atoms with E-state index >= 15 is 0 Å². The molecular formula is C11H16F2N2. The van der Waals surface area contributed by atoms with E-state index in [-0.39, 0.29) is 0 Å². The summed E-state index contributed by atoms with van der Waals surface area (Å²) in [6, 6.07) is 2.34. The van der Waals surface area contributed by atoms with E-state index in [1.165, 1.54) is 17.5 Å². The highest BCUT2D eigenvalue weighted by molar-refractivity contribution is 5.56. The van der Waals surface area contributed by atoms with E-state index in [9.17, 15) is 8.78 Å². The van der Waals surface area contributed by atoms with Crippen LogP contribution in [0.15, 0.2) is 12.1 Å². The molecule has 0 aromatic heterocycles. The van der Waals surface area contributed by atoms with Gasteiger partial charge in [-0.05, 0) is 18.1 Å². The second kappa shape index (κ2) is 5.07. The van der Waals surface area contributed by atoms with Crippen molar-refractivity contribution in [2.24, 2.45) is 5.84 Å². The van der Waals surface area contributed by atoms with Crippen LogP contribution in [0.25, 0.3) is 0 Å². The van der Waals surface area contributed by atoms with Gasteiger partial charge >= 0.3 is 0 Å². The number of benzene rings is 1. The van der Waals surface area contributed by atoms with Crippen LogP contribution in [0.1, 0.15) is 25.8 Å². The minimum absolute atomic E-state index is 0.592.